The number of hydrogen-bond donors (Lipinski definition) is 2. The molecule has 1 amide bonds. The second kappa shape index (κ2) is 5.97. The fourth-order valence-electron chi connectivity index (χ4n) is 1.60. The van der Waals surface area contributed by atoms with Crippen LogP contribution in [0.15, 0.2) is 18.2 Å². The van der Waals surface area contributed by atoms with Crippen molar-refractivity contribution in [2.24, 2.45) is 5.84 Å². The minimum atomic E-state index is -0.556. The van der Waals surface area contributed by atoms with Crippen LogP contribution in [0.2, 0.25) is 0 Å². The summed E-state index contributed by atoms with van der Waals surface area (Å²) in [5.74, 6) is 5.02. The number of nitrogens with one attached hydrogen (secondary N) is 1. The van der Waals surface area contributed by atoms with Crippen LogP contribution in [0, 0.1) is 10.1 Å². The number of carbonyl (C=O) groups is 1. The number of nitrogens with zero attached hydrogens (tertiary/aromatic N) is 2. The molecule has 98 valence electrons. The molecular formula is C11H16N4O3. The number of carbonyl (C=O) groups excluding carboxylic acids is 1. The maximum Gasteiger partial charge on any atom is 0.293 e. The summed E-state index contributed by atoms with van der Waals surface area (Å²) in [7, 11) is 1.68. The molecule has 0 bridgehead atoms. The van der Waals surface area contributed by atoms with Crippen molar-refractivity contribution in [3.8, 4) is 0 Å². The van der Waals surface area contributed by atoms with Crippen molar-refractivity contribution >= 4 is 17.3 Å². The number of nitrogens with two attached hydrogens (primary N) is 1. The first kappa shape index (κ1) is 13.9. The fraction of sp³-hybridized carbons (Fsp3) is 0.364. The fourth-order valence-corrected chi connectivity index (χ4v) is 1.60. The summed E-state index contributed by atoms with van der Waals surface area (Å²) in [4.78, 5) is 23.7. The number of nitro groups is 1. The Balaban J connectivity index is 3.05. The number of nitro benzene ring substituents is 1. The van der Waals surface area contributed by atoms with Crippen LogP contribution in [0.1, 0.15) is 23.7 Å². The minimum absolute atomic E-state index is 0.121. The van der Waals surface area contributed by atoms with Crippen LogP contribution in [0.25, 0.3) is 0 Å². The Hall–Kier alpha value is -2.15. The number of hydrazine groups is 1. The lowest BCUT2D eigenvalue weighted by molar-refractivity contribution is -0.384. The van der Waals surface area contributed by atoms with Gasteiger partial charge in [-0.05, 0) is 18.6 Å². The number of benzene rings is 1. The lowest BCUT2D eigenvalue weighted by atomic mass is 10.1. The first-order valence-corrected chi connectivity index (χ1v) is 5.51. The van der Waals surface area contributed by atoms with Crippen LogP contribution in [0.3, 0.4) is 0 Å². The first-order valence-electron chi connectivity index (χ1n) is 5.51. The molecule has 0 radical (unpaired) electrons. The molecule has 1 aromatic rings. The smallest absolute Gasteiger partial charge is 0.293 e. The number of nitrogen functional groups attached to an aromatic ring is 1. The SMILES string of the molecule is CCCN(C)C(=O)c1ccc([N+](=O)[O-])c(NN)c1. The molecule has 0 atom stereocenters. The largest absolute Gasteiger partial charge is 0.342 e. The zero-order chi connectivity index (χ0) is 13.7. The highest BCUT2D eigenvalue weighted by Crippen LogP contribution is 2.24. The summed E-state index contributed by atoms with van der Waals surface area (Å²) in [6.07, 6.45) is 0.844. The van der Waals surface area contributed by atoms with E-state index in [0.29, 0.717) is 12.1 Å². The molecular weight excluding hydrogens is 236 g/mol. The highest BCUT2D eigenvalue weighted by atomic mass is 16.6. The van der Waals surface area contributed by atoms with Gasteiger partial charge in [-0.3, -0.25) is 20.8 Å². The molecule has 7 nitrogen and oxygen atoms in total. The molecule has 0 aromatic heterocycles. The Kier molecular flexibility index (Phi) is 4.61. The van der Waals surface area contributed by atoms with Gasteiger partial charge in [0.1, 0.15) is 5.69 Å². The van der Waals surface area contributed by atoms with E-state index < -0.39 is 4.92 Å². The summed E-state index contributed by atoms with van der Waals surface area (Å²) >= 11 is 0. The molecule has 0 aliphatic rings. The van der Waals surface area contributed by atoms with Crippen molar-refractivity contribution in [1.29, 1.82) is 0 Å². The monoisotopic (exact) mass is 252 g/mol. The average molecular weight is 252 g/mol. The van der Waals surface area contributed by atoms with Gasteiger partial charge in [-0.2, -0.15) is 0 Å². The van der Waals surface area contributed by atoms with E-state index in [2.05, 4.69) is 5.43 Å². The van der Waals surface area contributed by atoms with Crippen LogP contribution < -0.4 is 11.3 Å². The van der Waals surface area contributed by atoms with Gasteiger partial charge in [0.25, 0.3) is 11.6 Å². The van der Waals surface area contributed by atoms with Crippen LogP contribution in [0.5, 0.6) is 0 Å². The molecule has 18 heavy (non-hydrogen) atoms. The van der Waals surface area contributed by atoms with Crippen LogP contribution in [-0.2, 0) is 0 Å². The third-order valence-corrected chi connectivity index (χ3v) is 2.50. The van der Waals surface area contributed by atoms with Crippen LogP contribution in [0.4, 0.5) is 11.4 Å². The minimum Gasteiger partial charge on any atom is -0.342 e. The van der Waals surface area contributed by atoms with Crippen molar-refractivity contribution in [3.05, 3.63) is 33.9 Å². The molecule has 1 rings (SSSR count). The molecule has 0 aliphatic carbocycles. The topological polar surface area (TPSA) is 102 Å². The van der Waals surface area contributed by atoms with Crippen molar-refractivity contribution in [2.75, 3.05) is 19.0 Å². The summed E-state index contributed by atoms with van der Waals surface area (Å²) in [6.45, 7) is 2.59. The molecule has 0 aliphatic heterocycles. The Morgan fingerprint density at radius 1 is 1.56 bits per heavy atom. The maximum absolute atomic E-state index is 12.0. The summed E-state index contributed by atoms with van der Waals surface area (Å²) in [5.41, 5.74) is 2.56. The van der Waals surface area contributed by atoms with Gasteiger partial charge in [-0.15, -0.1) is 0 Å². The van der Waals surface area contributed by atoms with Crippen molar-refractivity contribution in [1.82, 2.24) is 4.90 Å². The quantitative estimate of drug-likeness (QED) is 0.468. The summed E-state index contributed by atoms with van der Waals surface area (Å²) in [5, 5.41) is 10.7. The molecule has 0 fully saturated rings. The van der Waals surface area contributed by atoms with Gasteiger partial charge in [0.2, 0.25) is 0 Å². The highest BCUT2D eigenvalue weighted by molar-refractivity contribution is 5.95. The van der Waals surface area contributed by atoms with E-state index in [4.69, 9.17) is 5.84 Å². The maximum atomic E-state index is 12.0. The van der Waals surface area contributed by atoms with Crippen molar-refractivity contribution in [2.45, 2.75) is 13.3 Å². The van der Waals surface area contributed by atoms with Gasteiger partial charge in [-0.25, -0.2) is 0 Å². The van der Waals surface area contributed by atoms with Gasteiger partial charge < -0.3 is 10.3 Å². The van der Waals surface area contributed by atoms with Gasteiger partial charge in [0.15, 0.2) is 0 Å². The Morgan fingerprint density at radius 3 is 2.72 bits per heavy atom. The van der Waals surface area contributed by atoms with Crippen LogP contribution in [-0.4, -0.2) is 29.3 Å². The van der Waals surface area contributed by atoms with E-state index in [-0.39, 0.29) is 17.3 Å². The molecule has 0 spiro atoms. The van der Waals surface area contributed by atoms with E-state index in [9.17, 15) is 14.9 Å². The average Bonchev–Trinajstić information content (AvgIpc) is 2.37. The van der Waals surface area contributed by atoms with E-state index >= 15 is 0 Å². The number of rotatable bonds is 5. The highest BCUT2D eigenvalue weighted by Gasteiger charge is 2.17. The Morgan fingerprint density at radius 2 is 2.22 bits per heavy atom. The standard InChI is InChI=1S/C11H16N4O3/c1-3-6-14(2)11(16)8-4-5-10(15(17)18)9(7-8)13-12/h4-5,7,13H,3,6,12H2,1-2H3. The lowest BCUT2D eigenvalue weighted by Gasteiger charge is -2.16. The number of amides is 1. The molecule has 1 aromatic carbocycles. The Labute approximate surface area is 105 Å². The van der Waals surface area contributed by atoms with Gasteiger partial charge in [-0.1, -0.05) is 6.92 Å². The number of anilines is 1. The lowest BCUT2D eigenvalue weighted by Crippen LogP contribution is -2.27. The van der Waals surface area contributed by atoms with E-state index in [1.165, 1.54) is 18.2 Å². The molecule has 0 saturated heterocycles. The van der Waals surface area contributed by atoms with Crippen molar-refractivity contribution in [3.63, 3.8) is 0 Å². The number of hydrogen-bond acceptors (Lipinski definition) is 5. The molecule has 3 N–H and O–H groups in total. The molecule has 0 saturated carbocycles. The van der Waals surface area contributed by atoms with Gasteiger partial charge >= 0.3 is 0 Å². The normalized spacial score (nSPS) is 9.94. The van der Waals surface area contributed by atoms with Gasteiger partial charge in [0, 0.05) is 25.2 Å². The Bertz CT molecular complexity index is 462. The van der Waals surface area contributed by atoms with E-state index in [0.717, 1.165) is 6.42 Å². The second-order valence-electron chi connectivity index (χ2n) is 3.86. The first-order chi connectivity index (χ1) is 8.51. The van der Waals surface area contributed by atoms with Gasteiger partial charge in [0.05, 0.1) is 4.92 Å². The van der Waals surface area contributed by atoms with Crippen LogP contribution >= 0.6 is 0 Å². The summed E-state index contributed by atoms with van der Waals surface area (Å²) in [6, 6.07) is 4.07. The third-order valence-electron chi connectivity index (χ3n) is 2.50. The third kappa shape index (κ3) is 2.95. The van der Waals surface area contributed by atoms with E-state index in [1.54, 1.807) is 11.9 Å². The molecule has 0 heterocycles. The summed E-state index contributed by atoms with van der Waals surface area (Å²) < 4.78 is 0. The second-order valence-corrected chi connectivity index (χ2v) is 3.86. The van der Waals surface area contributed by atoms with Crippen molar-refractivity contribution < 1.29 is 9.72 Å². The zero-order valence-corrected chi connectivity index (χ0v) is 10.3. The zero-order valence-electron chi connectivity index (χ0n) is 10.3. The molecule has 0 unspecified atom stereocenters. The predicted octanol–water partition coefficient (Wildman–Crippen LogP) is 1.36. The van der Waals surface area contributed by atoms with E-state index in [1.807, 2.05) is 6.92 Å². The predicted molar refractivity (Wildman–Crippen MR) is 68.2 cm³/mol. The molecule has 7 heteroatoms.